The number of rotatable bonds is 7. The van der Waals surface area contributed by atoms with Crippen LogP contribution in [-0.2, 0) is 14.3 Å². The Labute approximate surface area is 134 Å². The van der Waals surface area contributed by atoms with Crippen LogP contribution in [0.15, 0.2) is 0 Å². The van der Waals surface area contributed by atoms with Gasteiger partial charge in [0.05, 0.1) is 12.1 Å². The fraction of sp³-hybridized carbons (Fsp3) is 0.857. The topological polar surface area (TPSA) is 76.7 Å². The van der Waals surface area contributed by atoms with Crippen molar-refractivity contribution in [1.29, 1.82) is 0 Å². The molecule has 0 aliphatic carbocycles. The lowest BCUT2D eigenvalue weighted by molar-refractivity contribution is -0.174. The van der Waals surface area contributed by atoms with Crippen LogP contribution in [0.4, 0.5) is 18.0 Å². The summed E-state index contributed by atoms with van der Waals surface area (Å²) < 4.78 is 45.0. The molecule has 0 atom stereocenters. The summed E-state index contributed by atoms with van der Waals surface area (Å²) in [4.78, 5) is 23.2. The zero-order chi connectivity index (χ0) is 18.3. The van der Waals surface area contributed by atoms with Crippen molar-refractivity contribution in [3.05, 3.63) is 0 Å². The van der Waals surface area contributed by atoms with Crippen LogP contribution >= 0.6 is 0 Å². The van der Waals surface area contributed by atoms with Crippen LogP contribution in [0.25, 0.3) is 0 Å². The fourth-order valence-electron chi connectivity index (χ4n) is 1.44. The monoisotopic (exact) mass is 342 g/mol. The van der Waals surface area contributed by atoms with E-state index in [1.165, 1.54) is 0 Å². The molecule has 0 rings (SSSR count). The Kier molecular flexibility index (Phi) is 7.82. The summed E-state index contributed by atoms with van der Waals surface area (Å²) in [5.41, 5.74) is -1.41. The molecule has 0 fully saturated rings. The molecule has 0 aliphatic rings. The number of hydrogen-bond donors (Lipinski definition) is 2. The summed E-state index contributed by atoms with van der Waals surface area (Å²) in [5.74, 6) is -0.469. The normalized spacial score (nSPS) is 12.7. The molecule has 136 valence electrons. The minimum absolute atomic E-state index is 0.108. The Morgan fingerprint density at radius 3 is 2.09 bits per heavy atom. The molecule has 0 aromatic carbocycles. The van der Waals surface area contributed by atoms with Gasteiger partial charge in [0.25, 0.3) is 0 Å². The zero-order valence-corrected chi connectivity index (χ0v) is 14.1. The number of nitrogens with one attached hydrogen (secondary N) is 2. The average Bonchev–Trinajstić information content (AvgIpc) is 2.28. The van der Waals surface area contributed by atoms with Crippen LogP contribution in [0, 0.1) is 0 Å². The Morgan fingerprint density at radius 2 is 1.61 bits per heavy atom. The lowest BCUT2D eigenvalue weighted by atomic mass is 10.1. The van der Waals surface area contributed by atoms with Crippen molar-refractivity contribution in [2.24, 2.45) is 0 Å². The number of carbonyl (C=O) groups is 2. The molecule has 0 aromatic rings. The van der Waals surface area contributed by atoms with Crippen molar-refractivity contribution >= 4 is 12.0 Å². The first-order chi connectivity index (χ1) is 10.2. The van der Waals surface area contributed by atoms with E-state index in [-0.39, 0.29) is 19.6 Å². The first kappa shape index (κ1) is 21.5. The molecule has 23 heavy (non-hydrogen) atoms. The maximum Gasteiger partial charge on any atom is 0.411 e. The van der Waals surface area contributed by atoms with Crippen LogP contribution in [-0.4, -0.2) is 49.1 Å². The van der Waals surface area contributed by atoms with E-state index in [0.717, 1.165) is 0 Å². The van der Waals surface area contributed by atoms with E-state index in [4.69, 9.17) is 4.74 Å². The van der Waals surface area contributed by atoms with Gasteiger partial charge in [-0.1, -0.05) is 0 Å². The Bertz CT molecular complexity index is 404. The van der Waals surface area contributed by atoms with Gasteiger partial charge in [-0.15, -0.1) is 0 Å². The molecule has 0 bridgehead atoms. The lowest BCUT2D eigenvalue weighted by Crippen LogP contribution is -2.52. The van der Waals surface area contributed by atoms with Gasteiger partial charge in [-0.25, -0.2) is 4.79 Å². The number of alkyl carbamates (subject to hydrolysis) is 1. The molecule has 0 aliphatic heterocycles. The van der Waals surface area contributed by atoms with Crippen LogP contribution in [0.5, 0.6) is 0 Å². The third kappa shape index (κ3) is 13.8. The van der Waals surface area contributed by atoms with Crippen molar-refractivity contribution < 1.29 is 32.2 Å². The summed E-state index contributed by atoms with van der Waals surface area (Å²) >= 11 is 0. The zero-order valence-electron chi connectivity index (χ0n) is 14.1. The van der Waals surface area contributed by atoms with Crippen LogP contribution in [0.1, 0.15) is 41.0 Å². The second-order valence-corrected chi connectivity index (χ2v) is 6.71. The van der Waals surface area contributed by atoms with Gasteiger partial charge in [0, 0.05) is 13.0 Å². The van der Waals surface area contributed by atoms with Crippen molar-refractivity contribution in [3.63, 3.8) is 0 Å². The number of carbonyl (C=O) groups excluding carboxylic acids is 2. The first-order valence-electron chi connectivity index (χ1n) is 7.13. The standard InChI is InChI=1S/C14H25F3N2O4/c1-12(2,3)23-11(21)18-8-13(4,5)19-10(20)6-7-22-9-14(15,16)17/h6-9H2,1-5H3,(H,18,21)(H,19,20). The van der Waals surface area contributed by atoms with E-state index in [0.29, 0.717) is 0 Å². The minimum atomic E-state index is -4.41. The largest absolute Gasteiger partial charge is 0.444 e. The Hall–Kier alpha value is -1.51. The van der Waals surface area contributed by atoms with E-state index in [9.17, 15) is 22.8 Å². The van der Waals surface area contributed by atoms with E-state index in [1.54, 1.807) is 34.6 Å². The third-order valence-corrected chi connectivity index (χ3v) is 2.29. The number of halogens is 3. The summed E-state index contributed by atoms with van der Waals surface area (Å²) in [6, 6.07) is 0. The van der Waals surface area contributed by atoms with Gasteiger partial charge in [-0.2, -0.15) is 13.2 Å². The van der Waals surface area contributed by atoms with Crippen molar-refractivity contribution in [1.82, 2.24) is 10.6 Å². The van der Waals surface area contributed by atoms with Crippen LogP contribution in [0.2, 0.25) is 0 Å². The van der Waals surface area contributed by atoms with Gasteiger partial charge >= 0.3 is 12.3 Å². The number of hydrogen-bond acceptors (Lipinski definition) is 4. The number of ether oxygens (including phenoxy) is 2. The lowest BCUT2D eigenvalue weighted by Gasteiger charge is -2.27. The molecular weight excluding hydrogens is 317 g/mol. The van der Waals surface area contributed by atoms with E-state index in [2.05, 4.69) is 15.4 Å². The maximum atomic E-state index is 11.9. The SMILES string of the molecule is CC(C)(CNC(=O)OC(C)(C)C)NC(=O)CCOCC(F)(F)F. The minimum Gasteiger partial charge on any atom is -0.444 e. The molecule has 2 amide bonds. The molecule has 0 radical (unpaired) electrons. The molecule has 9 heteroatoms. The highest BCUT2D eigenvalue weighted by atomic mass is 19.4. The highest BCUT2D eigenvalue weighted by Gasteiger charge is 2.28. The first-order valence-corrected chi connectivity index (χ1v) is 7.13. The Morgan fingerprint density at radius 1 is 1.04 bits per heavy atom. The Balaban J connectivity index is 4.06. The molecule has 0 saturated heterocycles. The van der Waals surface area contributed by atoms with Crippen LogP contribution < -0.4 is 10.6 Å². The van der Waals surface area contributed by atoms with Crippen molar-refractivity contribution in [2.45, 2.75) is 58.4 Å². The predicted octanol–water partition coefficient (Wildman–Crippen LogP) is 2.37. The molecule has 0 heterocycles. The molecular formula is C14H25F3N2O4. The second kappa shape index (κ2) is 8.37. The average molecular weight is 342 g/mol. The summed E-state index contributed by atoms with van der Waals surface area (Å²) in [7, 11) is 0. The molecule has 0 saturated carbocycles. The fourth-order valence-corrected chi connectivity index (χ4v) is 1.44. The molecule has 0 unspecified atom stereocenters. The number of alkyl halides is 3. The quantitative estimate of drug-likeness (QED) is 0.697. The smallest absolute Gasteiger partial charge is 0.411 e. The van der Waals surface area contributed by atoms with Gasteiger partial charge in [-0.05, 0) is 34.6 Å². The summed E-state index contributed by atoms with van der Waals surface area (Å²) in [6.07, 6.45) is -5.23. The number of amides is 2. The van der Waals surface area contributed by atoms with Crippen molar-refractivity contribution in [3.8, 4) is 0 Å². The van der Waals surface area contributed by atoms with Gasteiger partial charge in [0.2, 0.25) is 5.91 Å². The van der Waals surface area contributed by atoms with E-state index >= 15 is 0 Å². The summed E-state index contributed by atoms with van der Waals surface area (Å²) in [6.45, 7) is 6.89. The van der Waals surface area contributed by atoms with Crippen LogP contribution in [0.3, 0.4) is 0 Å². The molecule has 0 aromatic heterocycles. The van der Waals surface area contributed by atoms with Gasteiger partial charge in [0.15, 0.2) is 0 Å². The molecule has 2 N–H and O–H groups in total. The maximum absolute atomic E-state index is 11.9. The van der Waals surface area contributed by atoms with Crippen molar-refractivity contribution in [2.75, 3.05) is 19.8 Å². The highest BCUT2D eigenvalue weighted by Crippen LogP contribution is 2.14. The van der Waals surface area contributed by atoms with Gasteiger partial charge in [-0.3, -0.25) is 4.79 Å². The third-order valence-electron chi connectivity index (χ3n) is 2.29. The van der Waals surface area contributed by atoms with E-state index < -0.39 is 35.9 Å². The predicted molar refractivity (Wildman–Crippen MR) is 77.9 cm³/mol. The highest BCUT2D eigenvalue weighted by molar-refractivity contribution is 5.77. The van der Waals surface area contributed by atoms with E-state index in [1.807, 2.05) is 0 Å². The second-order valence-electron chi connectivity index (χ2n) is 6.71. The van der Waals surface area contributed by atoms with Gasteiger partial charge in [0.1, 0.15) is 12.2 Å². The molecule has 0 spiro atoms. The molecule has 6 nitrogen and oxygen atoms in total. The van der Waals surface area contributed by atoms with Gasteiger partial charge < -0.3 is 20.1 Å². The summed E-state index contributed by atoms with van der Waals surface area (Å²) in [5, 5.41) is 5.12.